The van der Waals surface area contributed by atoms with Crippen molar-refractivity contribution in [1.29, 1.82) is 0 Å². The van der Waals surface area contributed by atoms with E-state index in [0.29, 0.717) is 0 Å². The Balaban J connectivity index is 2.10. The van der Waals surface area contributed by atoms with Crippen molar-refractivity contribution in [2.75, 3.05) is 6.54 Å². The summed E-state index contributed by atoms with van der Waals surface area (Å²) in [6.45, 7) is 5.80. The zero-order chi connectivity index (χ0) is 15.2. The molecule has 0 saturated heterocycles. The lowest BCUT2D eigenvalue weighted by atomic mass is 9.84. The predicted molar refractivity (Wildman–Crippen MR) is 95.9 cm³/mol. The van der Waals surface area contributed by atoms with E-state index in [1.54, 1.807) is 0 Å². The summed E-state index contributed by atoms with van der Waals surface area (Å²) in [6, 6.07) is 0.804. The molecule has 1 aliphatic carbocycles. The zero-order valence-corrected chi connectivity index (χ0v) is 15.0. The summed E-state index contributed by atoms with van der Waals surface area (Å²) in [5.74, 6) is 1.05. The van der Waals surface area contributed by atoms with Crippen molar-refractivity contribution in [3.05, 3.63) is 0 Å². The molecule has 1 unspecified atom stereocenters. The van der Waals surface area contributed by atoms with E-state index >= 15 is 0 Å². The van der Waals surface area contributed by atoms with E-state index in [9.17, 15) is 0 Å². The summed E-state index contributed by atoms with van der Waals surface area (Å²) in [5, 5.41) is 3.81. The fourth-order valence-corrected chi connectivity index (χ4v) is 3.78. The number of hydrogen-bond donors (Lipinski definition) is 1. The third kappa shape index (κ3) is 10.3. The molecule has 0 aromatic heterocycles. The Morgan fingerprint density at radius 1 is 0.810 bits per heavy atom. The topological polar surface area (TPSA) is 12.0 Å². The first-order chi connectivity index (χ1) is 10.4. The Bertz CT molecular complexity index is 208. The van der Waals surface area contributed by atoms with E-state index in [0.717, 1.165) is 12.0 Å². The third-order valence-electron chi connectivity index (χ3n) is 5.24. The van der Waals surface area contributed by atoms with E-state index in [-0.39, 0.29) is 0 Å². The molecule has 1 aliphatic rings. The number of unbranched alkanes of at least 4 members (excludes halogenated alkanes) is 5. The molecule has 1 rings (SSSR count). The van der Waals surface area contributed by atoms with Crippen molar-refractivity contribution >= 4 is 0 Å². The molecule has 1 saturated carbocycles. The van der Waals surface area contributed by atoms with Gasteiger partial charge in [-0.25, -0.2) is 0 Å². The minimum Gasteiger partial charge on any atom is -0.314 e. The largest absolute Gasteiger partial charge is 0.314 e. The van der Waals surface area contributed by atoms with Crippen LogP contribution in [-0.4, -0.2) is 12.6 Å². The first kappa shape index (κ1) is 19.0. The van der Waals surface area contributed by atoms with Gasteiger partial charge in [-0.3, -0.25) is 0 Å². The summed E-state index contributed by atoms with van der Waals surface area (Å²) in [5.41, 5.74) is 0. The zero-order valence-electron chi connectivity index (χ0n) is 15.0. The SMILES string of the molecule is CCCCCCCCC(CCC1CCCCC1)NCCC. The molecule has 0 spiro atoms. The van der Waals surface area contributed by atoms with Gasteiger partial charge in [-0.1, -0.05) is 84.5 Å². The molecule has 1 N–H and O–H groups in total. The van der Waals surface area contributed by atoms with E-state index in [1.165, 1.54) is 103 Å². The average molecular weight is 296 g/mol. The van der Waals surface area contributed by atoms with Crippen molar-refractivity contribution in [2.24, 2.45) is 5.92 Å². The van der Waals surface area contributed by atoms with Gasteiger partial charge in [0, 0.05) is 6.04 Å². The van der Waals surface area contributed by atoms with Gasteiger partial charge in [0.2, 0.25) is 0 Å². The van der Waals surface area contributed by atoms with Crippen LogP contribution in [0.3, 0.4) is 0 Å². The van der Waals surface area contributed by atoms with Gasteiger partial charge in [0.1, 0.15) is 0 Å². The summed E-state index contributed by atoms with van der Waals surface area (Å²) >= 11 is 0. The second kappa shape index (κ2) is 13.6. The van der Waals surface area contributed by atoms with Crippen LogP contribution in [0.5, 0.6) is 0 Å². The molecular formula is C20H41N. The number of rotatable bonds is 13. The van der Waals surface area contributed by atoms with Crippen molar-refractivity contribution < 1.29 is 0 Å². The van der Waals surface area contributed by atoms with Crippen molar-refractivity contribution in [2.45, 2.75) is 116 Å². The molecule has 21 heavy (non-hydrogen) atoms. The summed E-state index contributed by atoms with van der Waals surface area (Å²) in [7, 11) is 0. The maximum Gasteiger partial charge on any atom is 0.00671 e. The van der Waals surface area contributed by atoms with E-state index in [4.69, 9.17) is 0 Å². The fraction of sp³-hybridized carbons (Fsp3) is 1.00. The summed E-state index contributed by atoms with van der Waals surface area (Å²) < 4.78 is 0. The van der Waals surface area contributed by atoms with Gasteiger partial charge in [0.15, 0.2) is 0 Å². The Labute approximate surface area is 134 Å². The Kier molecular flexibility index (Phi) is 12.3. The van der Waals surface area contributed by atoms with Crippen molar-refractivity contribution in [1.82, 2.24) is 5.32 Å². The second-order valence-electron chi connectivity index (χ2n) is 7.29. The molecule has 126 valence electrons. The third-order valence-corrected chi connectivity index (χ3v) is 5.24. The van der Waals surface area contributed by atoms with Gasteiger partial charge < -0.3 is 5.32 Å². The summed E-state index contributed by atoms with van der Waals surface area (Å²) in [6.07, 6.45) is 21.7. The van der Waals surface area contributed by atoms with Crippen LogP contribution in [-0.2, 0) is 0 Å². The Hall–Kier alpha value is -0.0400. The highest BCUT2D eigenvalue weighted by atomic mass is 14.9. The van der Waals surface area contributed by atoms with Gasteiger partial charge in [0.25, 0.3) is 0 Å². The molecule has 0 radical (unpaired) electrons. The van der Waals surface area contributed by atoms with Crippen LogP contribution in [0.15, 0.2) is 0 Å². The number of hydrogen-bond acceptors (Lipinski definition) is 1. The maximum absolute atomic E-state index is 3.81. The summed E-state index contributed by atoms with van der Waals surface area (Å²) in [4.78, 5) is 0. The quantitative estimate of drug-likeness (QED) is 0.384. The predicted octanol–water partition coefficient (Wildman–Crippen LogP) is 6.47. The first-order valence-corrected chi connectivity index (χ1v) is 10.1. The first-order valence-electron chi connectivity index (χ1n) is 10.1. The van der Waals surface area contributed by atoms with Crippen LogP contribution in [0.4, 0.5) is 0 Å². The molecule has 0 aliphatic heterocycles. The van der Waals surface area contributed by atoms with Gasteiger partial charge in [0.05, 0.1) is 0 Å². The van der Waals surface area contributed by atoms with Gasteiger partial charge in [-0.15, -0.1) is 0 Å². The van der Waals surface area contributed by atoms with Gasteiger partial charge in [-0.05, 0) is 38.1 Å². The number of nitrogens with one attached hydrogen (secondary N) is 1. The minimum atomic E-state index is 0.804. The monoisotopic (exact) mass is 295 g/mol. The highest BCUT2D eigenvalue weighted by Gasteiger charge is 2.15. The van der Waals surface area contributed by atoms with Gasteiger partial charge >= 0.3 is 0 Å². The highest BCUT2D eigenvalue weighted by Crippen LogP contribution is 2.28. The smallest absolute Gasteiger partial charge is 0.00671 e. The lowest BCUT2D eigenvalue weighted by molar-refractivity contribution is 0.306. The van der Waals surface area contributed by atoms with Gasteiger partial charge in [-0.2, -0.15) is 0 Å². The standard InChI is InChI=1S/C20H41N/c1-3-5-6-7-8-12-15-20(21-18-4-2)17-16-19-13-10-9-11-14-19/h19-21H,3-18H2,1-2H3. The minimum absolute atomic E-state index is 0.804. The molecule has 0 bridgehead atoms. The van der Waals surface area contributed by atoms with Crippen molar-refractivity contribution in [3.63, 3.8) is 0 Å². The molecule has 1 nitrogen and oxygen atoms in total. The molecule has 0 aromatic carbocycles. The van der Waals surface area contributed by atoms with Crippen LogP contribution in [0, 0.1) is 5.92 Å². The Morgan fingerprint density at radius 2 is 1.52 bits per heavy atom. The molecular weight excluding hydrogens is 254 g/mol. The molecule has 1 fully saturated rings. The lowest BCUT2D eigenvalue weighted by Crippen LogP contribution is -2.30. The van der Waals surface area contributed by atoms with E-state index < -0.39 is 0 Å². The molecule has 0 aromatic rings. The van der Waals surface area contributed by atoms with Crippen LogP contribution in [0.1, 0.15) is 110 Å². The molecule has 0 amide bonds. The van der Waals surface area contributed by atoms with Crippen LogP contribution in [0.25, 0.3) is 0 Å². The van der Waals surface area contributed by atoms with E-state index in [2.05, 4.69) is 19.2 Å². The van der Waals surface area contributed by atoms with E-state index in [1.807, 2.05) is 0 Å². The molecule has 1 atom stereocenters. The normalized spacial score (nSPS) is 18.0. The lowest BCUT2D eigenvalue weighted by Gasteiger charge is -2.25. The van der Waals surface area contributed by atoms with Crippen LogP contribution < -0.4 is 5.32 Å². The molecule has 0 heterocycles. The second-order valence-corrected chi connectivity index (χ2v) is 7.29. The fourth-order valence-electron chi connectivity index (χ4n) is 3.78. The maximum atomic E-state index is 3.81. The van der Waals surface area contributed by atoms with Crippen LogP contribution in [0.2, 0.25) is 0 Å². The van der Waals surface area contributed by atoms with Crippen molar-refractivity contribution in [3.8, 4) is 0 Å². The van der Waals surface area contributed by atoms with Crippen LogP contribution >= 0.6 is 0 Å². The highest BCUT2D eigenvalue weighted by molar-refractivity contribution is 4.72. The molecule has 1 heteroatoms. The average Bonchev–Trinajstić information content (AvgIpc) is 2.53. The Morgan fingerprint density at radius 3 is 2.24 bits per heavy atom.